The highest BCUT2D eigenvalue weighted by Crippen LogP contribution is 2.43. The van der Waals surface area contributed by atoms with E-state index in [0.29, 0.717) is 0 Å². The van der Waals surface area contributed by atoms with E-state index in [4.69, 9.17) is 0 Å². The first-order valence-corrected chi connectivity index (χ1v) is 18.5. The van der Waals surface area contributed by atoms with Crippen molar-refractivity contribution in [2.75, 3.05) is 4.90 Å². The summed E-state index contributed by atoms with van der Waals surface area (Å²) in [4.78, 5) is 2.40. The molecule has 0 bridgehead atoms. The van der Waals surface area contributed by atoms with E-state index in [-0.39, 0.29) is 0 Å². The molecule has 1 aromatic heterocycles. The zero-order valence-corrected chi connectivity index (χ0v) is 29.7. The molecule has 54 heavy (non-hydrogen) atoms. The topological polar surface area (TPSA) is 8.17 Å². The van der Waals surface area contributed by atoms with Gasteiger partial charge in [0.25, 0.3) is 0 Å². The van der Waals surface area contributed by atoms with E-state index in [1.165, 1.54) is 71.6 Å². The van der Waals surface area contributed by atoms with E-state index in [1.54, 1.807) is 0 Å². The van der Waals surface area contributed by atoms with Gasteiger partial charge in [-0.15, -0.1) is 0 Å². The lowest BCUT2D eigenvalue weighted by molar-refractivity contribution is 1.18. The number of fused-ring (bicyclic) bond motifs is 4. The Bertz CT molecular complexity index is 2890. The lowest BCUT2D eigenvalue weighted by atomic mass is 9.96. The Kier molecular flexibility index (Phi) is 7.85. The Balaban J connectivity index is 1.09. The molecular formula is C52H36N2. The first-order valence-electron chi connectivity index (χ1n) is 18.5. The van der Waals surface area contributed by atoms with Crippen LogP contribution >= 0.6 is 0 Å². The summed E-state index contributed by atoms with van der Waals surface area (Å²) in [6, 6.07) is 78.8. The second-order valence-electron chi connectivity index (χ2n) is 13.8. The third-order valence-electron chi connectivity index (χ3n) is 10.6. The molecule has 0 aliphatic carbocycles. The van der Waals surface area contributed by atoms with Gasteiger partial charge in [-0.3, -0.25) is 0 Å². The Labute approximate surface area is 315 Å². The van der Waals surface area contributed by atoms with Crippen molar-refractivity contribution < 1.29 is 0 Å². The number of hydrogen-bond acceptors (Lipinski definition) is 1. The minimum absolute atomic E-state index is 1.10. The van der Waals surface area contributed by atoms with Crippen LogP contribution in [-0.2, 0) is 0 Å². The number of hydrogen-bond donors (Lipinski definition) is 0. The van der Waals surface area contributed by atoms with Crippen LogP contribution in [0, 0.1) is 0 Å². The highest BCUT2D eigenvalue weighted by Gasteiger charge is 2.18. The average molecular weight is 689 g/mol. The molecular weight excluding hydrogens is 653 g/mol. The van der Waals surface area contributed by atoms with E-state index in [0.717, 1.165) is 17.1 Å². The van der Waals surface area contributed by atoms with Crippen LogP contribution in [0.3, 0.4) is 0 Å². The van der Waals surface area contributed by atoms with Gasteiger partial charge in [-0.05, 0) is 99.4 Å². The van der Waals surface area contributed by atoms with Crippen molar-refractivity contribution >= 4 is 49.6 Å². The number of para-hydroxylation sites is 2. The Morgan fingerprint density at radius 1 is 0.296 bits per heavy atom. The Morgan fingerprint density at radius 3 is 1.44 bits per heavy atom. The normalized spacial score (nSPS) is 11.3. The summed E-state index contributed by atoms with van der Waals surface area (Å²) >= 11 is 0. The highest BCUT2D eigenvalue weighted by atomic mass is 15.1. The molecule has 2 heteroatoms. The molecule has 0 saturated carbocycles. The van der Waals surface area contributed by atoms with Crippen LogP contribution in [-0.4, -0.2) is 4.57 Å². The summed E-state index contributed by atoms with van der Waals surface area (Å²) in [6.07, 6.45) is 0. The maximum atomic E-state index is 2.40. The molecule has 0 unspecified atom stereocenters. The second-order valence-corrected chi connectivity index (χ2v) is 13.8. The highest BCUT2D eigenvalue weighted by molar-refractivity contribution is 6.11. The van der Waals surface area contributed by atoms with Crippen LogP contribution in [0.1, 0.15) is 0 Å². The fourth-order valence-electron chi connectivity index (χ4n) is 8.02. The zero-order valence-electron chi connectivity index (χ0n) is 29.7. The summed E-state index contributed by atoms with van der Waals surface area (Å²) in [6.45, 7) is 0. The molecule has 9 aromatic carbocycles. The number of rotatable bonds is 7. The van der Waals surface area contributed by atoms with Gasteiger partial charge >= 0.3 is 0 Å². The maximum Gasteiger partial charge on any atom is 0.0541 e. The van der Waals surface area contributed by atoms with Crippen LogP contribution < -0.4 is 4.90 Å². The molecule has 2 nitrogen and oxygen atoms in total. The fraction of sp³-hybridized carbons (Fsp3) is 0. The van der Waals surface area contributed by atoms with Crippen LogP contribution in [0.4, 0.5) is 17.1 Å². The molecule has 0 radical (unpaired) electrons. The predicted octanol–water partition coefficient (Wildman–Crippen LogP) is 14.4. The monoisotopic (exact) mass is 688 g/mol. The van der Waals surface area contributed by atoms with Gasteiger partial charge < -0.3 is 9.47 Å². The SMILES string of the molecule is c1ccc(-c2ccc(N(c3ccc(-c4ccc5c(c4)c4ccccc4n5-c4ccccc4)cc3)c3ccc(-c4ccccc4)c4ccccc34)cc2)cc1. The molecule has 0 fully saturated rings. The van der Waals surface area contributed by atoms with Crippen molar-refractivity contribution in [1.82, 2.24) is 4.57 Å². The standard InChI is InChI=1S/C52H36N2/c1-4-14-37(15-5-1)38-24-29-43(30-25-38)53(51-35-33-45(40-16-6-2-7-17-40)46-20-10-11-21-47(46)51)44-31-26-39(27-32-44)41-28-34-52-49(36-41)48-22-12-13-23-50(48)54(52)42-18-8-3-9-19-42/h1-36H. The van der Waals surface area contributed by atoms with Crippen LogP contribution in [0.15, 0.2) is 218 Å². The Hall–Kier alpha value is -7.16. The number of anilines is 3. The van der Waals surface area contributed by atoms with Gasteiger partial charge in [0.1, 0.15) is 0 Å². The zero-order chi connectivity index (χ0) is 35.8. The molecule has 1 heterocycles. The van der Waals surface area contributed by atoms with E-state index >= 15 is 0 Å². The van der Waals surface area contributed by atoms with E-state index in [2.05, 4.69) is 228 Å². The van der Waals surface area contributed by atoms with Gasteiger partial charge in [0, 0.05) is 33.2 Å². The molecule has 0 atom stereocenters. The summed E-state index contributed by atoms with van der Waals surface area (Å²) < 4.78 is 2.37. The lowest BCUT2D eigenvalue weighted by Gasteiger charge is -2.28. The summed E-state index contributed by atoms with van der Waals surface area (Å²) in [5.74, 6) is 0. The molecule has 0 aliphatic heterocycles. The second kappa shape index (κ2) is 13.4. The smallest absolute Gasteiger partial charge is 0.0541 e. The van der Waals surface area contributed by atoms with Gasteiger partial charge in [-0.25, -0.2) is 0 Å². The minimum Gasteiger partial charge on any atom is -0.310 e. The summed E-state index contributed by atoms with van der Waals surface area (Å²) in [5, 5.41) is 4.94. The average Bonchev–Trinajstić information content (AvgIpc) is 3.59. The maximum absolute atomic E-state index is 2.40. The van der Waals surface area contributed by atoms with Crippen molar-refractivity contribution in [3.05, 3.63) is 218 Å². The van der Waals surface area contributed by atoms with Gasteiger partial charge in [0.15, 0.2) is 0 Å². The fourth-order valence-corrected chi connectivity index (χ4v) is 8.02. The third kappa shape index (κ3) is 5.53. The van der Waals surface area contributed by atoms with Crippen molar-refractivity contribution in [1.29, 1.82) is 0 Å². The number of benzene rings is 9. The Morgan fingerprint density at radius 2 is 0.778 bits per heavy atom. The molecule has 254 valence electrons. The van der Waals surface area contributed by atoms with Crippen LogP contribution in [0.25, 0.3) is 71.6 Å². The predicted molar refractivity (Wildman–Crippen MR) is 229 cm³/mol. The van der Waals surface area contributed by atoms with Crippen molar-refractivity contribution in [2.24, 2.45) is 0 Å². The van der Waals surface area contributed by atoms with E-state index in [1.807, 2.05) is 0 Å². The van der Waals surface area contributed by atoms with E-state index < -0.39 is 0 Å². The summed E-state index contributed by atoms with van der Waals surface area (Å²) in [5.41, 5.74) is 14.2. The number of aromatic nitrogens is 1. The molecule has 0 aliphatic rings. The van der Waals surface area contributed by atoms with Crippen LogP contribution in [0.5, 0.6) is 0 Å². The van der Waals surface area contributed by atoms with Crippen molar-refractivity contribution in [3.63, 3.8) is 0 Å². The van der Waals surface area contributed by atoms with Gasteiger partial charge in [-0.1, -0.05) is 158 Å². The van der Waals surface area contributed by atoms with Crippen molar-refractivity contribution in [3.8, 4) is 39.1 Å². The first kappa shape index (κ1) is 31.6. The quantitative estimate of drug-likeness (QED) is 0.162. The lowest BCUT2D eigenvalue weighted by Crippen LogP contribution is -2.10. The van der Waals surface area contributed by atoms with Gasteiger partial charge in [0.05, 0.1) is 16.7 Å². The van der Waals surface area contributed by atoms with Crippen LogP contribution in [0.2, 0.25) is 0 Å². The summed E-state index contributed by atoms with van der Waals surface area (Å²) in [7, 11) is 0. The van der Waals surface area contributed by atoms with Gasteiger partial charge in [0.2, 0.25) is 0 Å². The molecule has 10 rings (SSSR count). The molecule has 0 saturated heterocycles. The minimum atomic E-state index is 1.10. The third-order valence-corrected chi connectivity index (χ3v) is 10.6. The number of nitrogens with zero attached hydrogens (tertiary/aromatic N) is 2. The van der Waals surface area contributed by atoms with E-state index in [9.17, 15) is 0 Å². The largest absolute Gasteiger partial charge is 0.310 e. The van der Waals surface area contributed by atoms with Crippen molar-refractivity contribution in [2.45, 2.75) is 0 Å². The molecule has 0 spiro atoms. The molecule has 10 aromatic rings. The first-order chi connectivity index (χ1) is 26.8. The molecule has 0 N–H and O–H groups in total. The van der Waals surface area contributed by atoms with Gasteiger partial charge in [-0.2, -0.15) is 0 Å². The molecule has 0 amide bonds.